The van der Waals surface area contributed by atoms with Crippen molar-refractivity contribution in [1.82, 2.24) is 4.72 Å². The molecule has 0 aromatic rings. The first-order valence-electron chi connectivity index (χ1n) is 5.91. The van der Waals surface area contributed by atoms with Gasteiger partial charge in [0.05, 0.1) is 17.9 Å². The fourth-order valence-electron chi connectivity index (χ4n) is 2.01. The summed E-state index contributed by atoms with van der Waals surface area (Å²) in [5.74, 6) is -1.88. The molecule has 0 saturated heterocycles. The Morgan fingerprint density at radius 2 is 1.79 bits per heavy atom. The Hall–Kier alpha value is -0.670. The smallest absolute Gasteiger partial charge is 0.303 e. The van der Waals surface area contributed by atoms with Crippen molar-refractivity contribution in [2.24, 2.45) is 5.41 Å². The number of carbonyl (C=O) groups is 1. The highest BCUT2D eigenvalue weighted by Gasteiger charge is 2.39. The van der Waals surface area contributed by atoms with Crippen LogP contribution in [-0.2, 0) is 24.7 Å². The Balaban J connectivity index is 2.52. The van der Waals surface area contributed by atoms with Crippen molar-refractivity contribution in [3.8, 4) is 0 Å². The second kappa shape index (κ2) is 5.76. The van der Waals surface area contributed by atoms with Crippen molar-refractivity contribution in [2.75, 3.05) is 24.3 Å². The summed E-state index contributed by atoms with van der Waals surface area (Å²) in [6.07, 6.45) is 3.14. The van der Waals surface area contributed by atoms with Crippen molar-refractivity contribution < 1.29 is 26.7 Å². The highest BCUT2D eigenvalue weighted by Crippen LogP contribution is 2.43. The van der Waals surface area contributed by atoms with Gasteiger partial charge in [-0.15, -0.1) is 0 Å². The topological polar surface area (TPSA) is 118 Å². The summed E-state index contributed by atoms with van der Waals surface area (Å²) < 4.78 is 47.4. The zero-order chi connectivity index (χ0) is 14.7. The molecule has 19 heavy (non-hydrogen) atoms. The maximum absolute atomic E-state index is 11.6. The molecular weight excluding hydrogens is 294 g/mol. The third-order valence-electron chi connectivity index (χ3n) is 3.33. The number of aliphatic carboxylic acids is 1. The van der Waals surface area contributed by atoms with E-state index >= 15 is 0 Å². The number of rotatable bonds is 8. The second-order valence-corrected chi connectivity index (χ2v) is 9.38. The number of hydrogen-bond donors (Lipinski definition) is 2. The van der Waals surface area contributed by atoms with Gasteiger partial charge in [0.1, 0.15) is 9.84 Å². The maximum Gasteiger partial charge on any atom is 0.303 e. The van der Waals surface area contributed by atoms with Crippen LogP contribution in [0.2, 0.25) is 0 Å². The Bertz CT molecular complexity index is 532. The van der Waals surface area contributed by atoms with Crippen molar-refractivity contribution in [2.45, 2.75) is 25.7 Å². The molecule has 1 fully saturated rings. The van der Waals surface area contributed by atoms with E-state index in [1.54, 1.807) is 0 Å². The average molecular weight is 313 g/mol. The van der Waals surface area contributed by atoms with Crippen LogP contribution in [-0.4, -0.2) is 52.2 Å². The van der Waals surface area contributed by atoms with Crippen LogP contribution >= 0.6 is 0 Å². The SMILES string of the molecule is CS(=O)(=O)CCS(=O)(=O)NCC1(CC(=O)O)CCC1. The summed E-state index contributed by atoms with van der Waals surface area (Å²) >= 11 is 0. The van der Waals surface area contributed by atoms with Crippen LogP contribution in [0.3, 0.4) is 0 Å². The van der Waals surface area contributed by atoms with Gasteiger partial charge in [-0.1, -0.05) is 6.42 Å². The van der Waals surface area contributed by atoms with Crippen molar-refractivity contribution in [3.63, 3.8) is 0 Å². The first-order chi connectivity index (χ1) is 8.54. The van der Waals surface area contributed by atoms with Gasteiger partial charge < -0.3 is 5.11 Å². The molecule has 0 spiro atoms. The molecule has 1 rings (SSSR count). The molecule has 1 saturated carbocycles. The number of carboxylic acids is 1. The number of nitrogens with one attached hydrogen (secondary N) is 1. The van der Waals surface area contributed by atoms with Gasteiger partial charge in [0.25, 0.3) is 0 Å². The highest BCUT2D eigenvalue weighted by atomic mass is 32.2. The van der Waals surface area contributed by atoms with E-state index in [0.29, 0.717) is 12.8 Å². The summed E-state index contributed by atoms with van der Waals surface area (Å²) in [4.78, 5) is 10.7. The quantitative estimate of drug-likeness (QED) is 0.629. The summed E-state index contributed by atoms with van der Waals surface area (Å²) in [6.45, 7) is 0.0609. The van der Waals surface area contributed by atoms with E-state index < -0.39 is 42.8 Å². The van der Waals surface area contributed by atoms with E-state index in [0.717, 1.165) is 12.7 Å². The summed E-state index contributed by atoms with van der Waals surface area (Å²) in [5.41, 5.74) is -0.510. The lowest BCUT2D eigenvalue weighted by Gasteiger charge is -2.40. The lowest BCUT2D eigenvalue weighted by molar-refractivity contribution is -0.141. The summed E-state index contributed by atoms with van der Waals surface area (Å²) in [5, 5.41) is 8.80. The largest absolute Gasteiger partial charge is 0.481 e. The van der Waals surface area contributed by atoms with Gasteiger partial charge in [0.15, 0.2) is 0 Å². The average Bonchev–Trinajstić information content (AvgIpc) is 2.18. The van der Waals surface area contributed by atoms with Crippen LogP contribution in [0.4, 0.5) is 0 Å². The first kappa shape index (κ1) is 16.4. The Morgan fingerprint density at radius 3 is 2.16 bits per heavy atom. The summed E-state index contributed by atoms with van der Waals surface area (Å²) in [6, 6.07) is 0. The molecule has 2 N–H and O–H groups in total. The molecule has 0 aliphatic heterocycles. The molecule has 0 unspecified atom stereocenters. The highest BCUT2D eigenvalue weighted by molar-refractivity contribution is 7.93. The molecule has 0 aromatic heterocycles. The summed E-state index contributed by atoms with van der Waals surface area (Å²) in [7, 11) is -7.02. The van der Waals surface area contributed by atoms with Crippen LogP contribution < -0.4 is 4.72 Å². The number of sulfonamides is 1. The van der Waals surface area contributed by atoms with Crippen LogP contribution in [0, 0.1) is 5.41 Å². The minimum atomic E-state index is -3.68. The molecule has 0 heterocycles. The van der Waals surface area contributed by atoms with Crippen molar-refractivity contribution in [3.05, 3.63) is 0 Å². The van der Waals surface area contributed by atoms with Crippen LogP contribution in [0.15, 0.2) is 0 Å². The fourth-order valence-corrected chi connectivity index (χ4v) is 4.77. The predicted molar refractivity (Wildman–Crippen MR) is 70.0 cm³/mol. The van der Waals surface area contributed by atoms with E-state index in [1.165, 1.54) is 0 Å². The van der Waals surface area contributed by atoms with E-state index in [4.69, 9.17) is 5.11 Å². The molecule has 112 valence electrons. The Morgan fingerprint density at radius 1 is 1.21 bits per heavy atom. The van der Waals surface area contributed by atoms with Crippen LogP contribution in [0.25, 0.3) is 0 Å². The molecule has 1 aliphatic carbocycles. The maximum atomic E-state index is 11.6. The molecule has 0 amide bonds. The Kier molecular flexibility index (Phi) is 4.97. The molecule has 9 heteroatoms. The molecule has 7 nitrogen and oxygen atoms in total. The van der Waals surface area contributed by atoms with E-state index in [-0.39, 0.29) is 13.0 Å². The molecular formula is C10H19NO6S2. The molecule has 0 atom stereocenters. The molecule has 0 radical (unpaired) electrons. The Labute approximate surface area is 113 Å². The predicted octanol–water partition coefficient (Wildman–Crippen LogP) is -0.405. The van der Waals surface area contributed by atoms with E-state index in [9.17, 15) is 21.6 Å². The first-order valence-corrected chi connectivity index (χ1v) is 9.62. The van der Waals surface area contributed by atoms with Crippen molar-refractivity contribution >= 4 is 25.8 Å². The van der Waals surface area contributed by atoms with E-state index in [2.05, 4.69) is 4.72 Å². The molecule has 0 aromatic carbocycles. The van der Waals surface area contributed by atoms with Gasteiger partial charge in [-0.3, -0.25) is 4.79 Å². The number of carboxylic acid groups (broad SMARTS) is 1. The van der Waals surface area contributed by atoms with Gasteiger partial charge in [0, 0.05) is 12.8 Å². The normalized spacial score (nSPS) is 18.8. The number of sulfone groups is 1. The molecule has 0 bridgehead atoms. The molecule has 1 aliphatic rings. The van der Waals surface area contributed by atoms with E-state index in [1.807, 2.05) is 0 Å². The second-order valence-electron chi connectivity index (χ2n) is 5.19. The van der Waals surface area contributed by atoms with Gasteiger partial charge >= 0.3 is 5.97 Å². The minimum Gasteiger partial charge on any atom is -0.481 e. The fraction of sp³-hybridized carbons (Fsp3) is 0.900. The van der Waals surface area contributed by atoms with Crippen LogP contribution in [0.1, 0.15) is 25.7 Å². The third-order valence-corrected chi connectivity index (χ3v) is 5.86. The zero-order valence-electron chi connectivity index (χ0n) is 10.8. The van der Waals surface area contributed by atoms with Crippen molar-refractivity contribution in [1.29, 1.82) is 0 Å². The zero-order valence-corrected chi connectivity index (χ0v) is 12.4. The van der Waals surface area contributed by atoms with Gasteiger partial charge in [-0.05, 0) is 18.3 Å². The monoisotopic (exact) mass is 313 g/mol. The third kappa shape index (κ3) is 5.87. The van der Waals surface area contributed by atoms with Crippen LogP contribution in [0.5, 0.6) is 0 Å². The lowest BCUT2D eigenvalue weighted by atomic mass is 9.67. The standard InChI is InChI=1S/C10H19NO6S2/c1-18(14,15)5-6-19(16,17)11-8-10(3-2-4-10)7-9(12)13/h11H,2-8H2,1H3,(H,12,13). The van der Waals surface area contributed by atoms with Gasteiger partial charge in [0.2, 0.25) is 10.0 Å². The lowest BCUT2D eigenvalue weighted by Crippen LogP contribution is -2.44. The minimum absolute atomic E-state index is 0.0609. The number of hydrogen-bond acceptors (Lipinski definition) is 5. The van der Waals surface area contributed by atoms with Gasteiger partial charge in [-0.25, -0.2) is 21.6 Å². The van der Waals surface area contributed by atoms with Gasteiger partial charge in [-0.2, -0.15) is 0 Å².